The highest BCUT2D eigenvalue weighted by Crippen LogP contribution is 2.64. The molecule has 0 saturated heterocycles. The van der Waals surface area contributed by atoms with Crippen molar-refractivity contribution in [3.05, 3.63) is 17.5 Å². The van der Waals surface area contributed by atoms with Gasteiger partial charge in [0, 0.05) is 12.1 Å². The standard InChI is InChI=1S/C28H42N2O2/c1-27(32)13-11-20-18(15-27)7-8-22-21(20)12-14-28(2)23(22)9-10-24(28)26(31)17-30-16-19-5-3-4-6-25(19)29-30/h16,18,20-24,32H,3-15,17H2,1-2H3/t18?,20?,21-,22?,23+,24?,27-,28?/m1/s1. The number of hydrogen-bond acceptors (Lipinski definition) is 3. The molecule has 176 valence electrons. The average molecular weight is 439 g/mol. The summed E-state index contributed by atoms with van der Waals surface area (Å²) in [6.07, 6.45) is 17.6. The lowest BCUT2D eigenvalue weighted by Gasteiger charge is -2.56. The highest BCUT2D eigenvalue weighted by Gasteiger charge is 2.58. The number of fused-ring (bicyclic) bond motifs is 6. The van der Waals surface area contributed by atoms with Crippen LogP contribution in [0.4, 0.5) is 0 Å². The van der Waals surface area contributed by atoms with Gasteiger partial charge >= 0.3 is 0 Å². The number of aliphatic hydroxyl groups is 1. The molecular weight excluding hydrogens is 396 g/mol. The monoisotopic (exact) mass is 438 g/mol. The van der Waals surface area contributed by atoms with Gasteiger partial charge in [0.05, 0.1) is 17.8 Å². The number of Topliss-reactive ketones (excluding diaryl/α,β-unsaturated/α-hetero) is 1. The summed E-state index contributed by atoms with van der Waals surface area (Å²) in [5.74, 6) is 4.60. The minimum atomic E-state index is -0.437. The van der Waals surface area contributed by atoms with Gasteiger partial charge < -0.3 is 5.11 Å². The molecular formula is C28H42N2O2. The molecule has 4 saturated carbocycles. The molecule has 5 unspecified atom stereocenters. The van der Waals surface area contributed by atoms with Crippen LogP contribution >= 0.6 is 0 Å². The SMILES string of the molecule is CC12CC[C@@H]3C4CC[C@@](C)(O)CC4CCC3[C@@H]1CCC2C(=O)Cn1cc2c(n1)CCCC2. The molecule has 0 aliphatic heterocycles. The fourth-order valence-corrected chi connectivity index (χ4v) is 9.49. The molecule has 4 nitrogen and oxygen atoms in total. The fraction of sp³-hybridized carbons (Fsp3) is 0.857. The lowest BCUT2D eigenvalue weighted by atomic mass is 9.49. The van der Waals surface area contributed by atoms with E-state index in [0.717, 1.165) is 61.7 Å². The Morgan fingerprint density at radius 2 is 1.84 bits per heavy atom. The zero-order valence-corrected chi connectivity index (χ0v) is 20.2. The predicted molar refractivity (Wildman–Crippen MR) is 125 cm³/mol. The number of nitrogens with zero attached hydrogens (tertiary/aromatic N) is 2. The maximum absolute atomic E-state index is 13.6. The van der Waals surface area contributed by atoms with Crippen LogP contribution in [0.5, 0.6) is 0 Å². The average Bonchev–Trinajstić information content (AvgIpc) is 3.32. The summed E-state index contributed by atoms with van der Waals surface area (Å²) in [6.45, 7) is 5.00. The van der Waals surface area contributed by atoms with Crippen LogP contribution in [0.15, 0.2) is 6.20 Å². The van der Waals surface area contributed by atoms with Gasteiger partial charge in [-0.3, -0.25) is 9.48 Å². The molecule has 1 aromatic rings. The first-order chi connectivity index (χ1) is 15.3. The molecule has 1 aromatic heterocycles. The van der Waals surface area contributed by atoms with E-state index in [9.17, 15) is 9.90 Å². The zero-order chi connectivity index (χ0) is 22.1. The van der Waals surface area contributed by atoms with Crippen LogP contribution in [0.25, 0.3) is 0 Å². The number of aromatic nitrogens is 2. The molecule has 32 heavy (non-hydrogen) atoms. The maximum Gasteiger partial charge on any atom is 0.157 e. The summed E-state index contributed by atoms with van der Waals surface area (Å²) >= 11 is 0. The van der Waals surface area contributed by atoms with Crippen molar-refractivity contribution < 1.29 is 9.90 Å². The second-order valence-corrected chi connectivity index (χ2v) is 12.8. The van der Waals surface area contributed by atoms with Crippen molar-refractivity contribution in [2.24, 2.45) is 40.9 Å². The third kappa shape index (κ3) is 3.42. The van der Waals surface area contributed by atoms with Gasteiger partial charge in [-0.2, -0.15) is 5.10 Å². The van der Waals surface area contributed by atoms with E-state index >= 15 is 0 Å². The molecule has 0 bridgehead atoms. The summed E-state index contributed by atoms with van der Waals surface area (Å²) in [4.78, 5) is 13.6. The summed E-state index contributed by atoms with van der Waals surface area (Å²) in [5.41, 5.74) is 2.37. The number of carbonyl (C=O) groups is 1. The quantitative estimate of drug-likeness (QED) is 0.692. The van der Waals surface area contributed by atoms with Crippen LogP contribution in [0, 0.1) is 40.9 Å². The van der Waals surface area contributed by atoms with E-state index < -0.39 is 5.60 Å². The Morgan fingerprint density at radius 1 is 1.03 bits per heavy atom. The normalized spacial score (nSPS) is 45.5. The fourth-order valence-electron chi connectivity index (χ4n) is 9.49. The number of rotatable bonds is 3. The third-order valence-electron chi connectivity index (χ3n) is 11.0. The Hall–Kier alpha value is -1.16. The minimum absolute atomic E-state index is 0.192. The topological polar surface area (TPSA) is 55.1 Å². The third-order valence-corrected chi connectivity index (χ3v) is 11.0. The summed E-state index contributed by atoms with van der Waals surface area (Å²) in [7, 11) is 0. The van der Waals surface area contributed by atoms with E-state index in [1.807, 2.05) is 4.68 Å². The van der Waals surface area contributed by atoms with E-state index in [4.69, 9.17) is 5.10 Å². The molecule has 4 heteroatoms. The Balaban J connectivity index is 1.16. The number of ketones is 1. The van der Waals surface area contributed by atoms with Crippen LogP contribution < -0.4 is 0 Å². The van der Waals surface area contributed by atoms with E-state index in [0.29, 0.717) is 12.3 Å². The zero-order valence-electron chi connectivity index (χ0n) is 20.2. The highest BCUT2D eigenvalue weighted by molar-refractivity contribution is 5.82. The van der Waals surface area contributed by atoms with E-state index in [1.54, 1.807) is 0 Å². The summed E-state index contributed by atoms with van der Waals surface area (Å²) in [6, 6.07) is 0. The smallest absolute Gasteiger partial charge is 0.157 e. The minimum Gasteiger partial charge on any atom is -0.390 e. The first-order valence-corrected chi connectivity index (χ1v) is 13.6. The molecule has 1 N–H and O–H groups in total. The van der Waals surface area contributed by atoms with E-state index in [-0.39, 0.29) is 11.3 Å². The van der Waals surface area contributed by atoms with Crippen molar-refractivity contribution in [3.63, 3.8) is 0 Å². The van der Waals surface area contributed by atoms with Gasteiger partial charge in [-0.25, -0.2) is 0 Å². The van der Waals surface area contributed by atoms with Crippen molar-refractivity contribution in [1.29, 1.82) is 0 Å². The molecule has 4 fully saturated rings. The van der Waals surface area contributed by atoms with Crippen LogP contribution in [0.2, 0.25) is 0 Å². The maximum atomic E-state index is 13.6. The molecule has 5 aliphatic carbocycles. The van der Waals surface area contributed by atoms with Crippen molar-refractivity contribution >= 4 is 5.78 Å². The van der Waals surface area contributed by atoms with E-state index in [1.165, 1.54) is 62.6 Å². The Bertz CT molecular complexity index is 864. The first kappa shape index (κ1) is 21.4. The van der Waals surface area contributed by atoms with E-state index in [2.05, 4.69) is 20.0 Å². The van der Waals surface area contributed by atoms with Gasteiger partial charge in [0.1, 0.15) is 0 Å². The molecule has 0 spiro atoms. The summed E-state index contributed by atoms with van der Waals surface area (Å²) in [5, 5.41) is 15.4. The molecule has 0 radical (unpaired) electrons. The Morgan fingerprint density at radius 3 is 2.69 bits per heavy atom. The van der Waals surface area contributed by atoms with Crippen LogP contribution in [-0.2, 0) is 24.2 Å². The van der Waals surface area contributed by atoms with Gasteiger partial charge in [0.2, 0.25) is 0 Å². The molecule has 1 heterocycles. The van der Waals surface area contributed by atoms with Crippen LogP contribution in [0.3, 0.4) is 0 Å². The molecule has 5 aliphatic rings. The van der Waals surface area contributed by atoms with Crippen molar-refractivity contribution in [3.8, 4) is 0 Å². The molecule has 6 rings (SSSR count). The van der Waals surface area contributed by atoms with Crippen LogP contribution in [-0.4, -0.2) is 26.3 Å². The van der Waals surface area contributed by atoms with Crippen molar-refractivity contribution in [2.45, 2.75) is 109 Å². The number of hydrogen-bond donors (Lipinski definition) is 1. The summed E-state index contributed by atoms with van der Waals surface area (Å²) < 4.78 is 1.97. The van der Waals surface area contributed by atoms with Crippen molar-refractivity contribution in [1.82, 2.24) is 9.78 Å². The second-order valence-electron chi connectivity index (χ2n) is 12.8. The number of carbonyl (C=O) groups excluding carboxylic acids is 1. The van der Waals surface area contributed by atoms with Gasteiger partial charge in [-0.1, -0.05) is 6.92 Å². The van der Waals surface area contributed by atoms with Crippen LogP contribution in [0.1, 0.15) is 95.7 Å². The van der Waals surface area contributed by atoms with Crippen molar-refractivity contribution in [2.75, 3.05) is 0 Å². The van der Waals surface area contributed by atoms with Gasteiger partial charge in [0.25, 0.3) is 0 Å². The van der Waals surface area contributed by atoms with Gasteiger partial charge in [0.15, 0.2) is 5.78 Å². The van der Waals surface area contributed by atoms with Gasteiger partial charge in [-0.15, -0.1) is 0 Å². The lowest BCUT2D eigenvalue weighted by molar-refractivity contribution is -0.133. The van der Waals surface area contributed by atoms with Gasteiger partial charge in [-0.05, 0) is 131 Å². The first-order valence-electron chi connectivity index (χ1n) is 13.6. The number of aryl methyl sites for hydroxylation is 2. The molecule has 8 atom stereocenters. The molecule has 0 aromatic carbocycles. The Labute approximate surface area is 193 Å². The Kier molecular flexibility index (Phi) is 5.13. The highest BCUT2D eigenvalue weighted by atomic mass is 16.3. The molecule has 0 amide bonds. The second kappa shape index (κ2) is 7.68. The predicted octanol–water partition coefficient (Wildman–Crippen LogP) is 5.35. The largest absolute Gasteiger partial charge is 0.390 e. The lowest BCUT2D eigenvalue weighted by Crippen LogP contribution is -2.51.